The van der Waals surface area contributed by atoms with Gasteiger partial charge < -0.3 is 4.90 Å². The first-order valence-electron chi connectivity index (χ1n) is 4.98. The normalized spacial score (nSPS) is 17.4. The fourth-order valence-corrected chi connectivity index (χ4v) is 1.54. The van der Waals surface area contributed by atoms with Gasteiger partial charge in [-0.15, -0.1) is 0 Å². The van der Waals surface area contributed by atoms with Crippen molar-refractivity contribution in [2.75, 3.05) is 13.1 Å². The van der Waals surface area contributed by atoms with Crippen molar-refractivity contribution in [3.05, 3.63) is 0 Å². The summed E-state index contributed by atoms with van der Waals surface area (Å²) in [6.45, 7) is 6.32. The molecule has 1 aliphatic heterocycles. The Balaban J connectivity index is 2.18. The molecule has 0 aromatic carbocycles. The smallest absolute Gasteiger partial charge is 0.222 e. The molecule has 0 saturated carbocycles. The lowest BCUT2D eigenvalue weighted by molar-refractivity contribution is -0.130. The third kappa shape index (κ3) is 2.84. The SMILES string of the molecule is CC(C)CCC(=O)N1CCCC1. The van der Waals surface area contributed by atoms with Crippen LogP contribution in [0.4, 0.5) is 0 Å². The van der Waals surface area contributed by atoms with Crippen LogP contribution in [0.15, 0.2) is 0 Å². The summed E-state index contributed by atoms with van der Waals surface area (Å²) in [5.41, 5.74) is 0. The lowest BCUT2D eigenvalue weighted by Crippen LogP contribution is -2.27. The van der Waals surface area contributed by atoms with E-state index in [1.807, 2.05) is 4.90 Å². The van der Waals surface area contributed by atoms with Crippen molar-refractivity contribution >= 4 is 5.91 Å². The van der Waals surface area contributed by atoms with E-state index in [-0.39, 0.29) is 0 Å². The Kier molecular flexibility index (Phi) is 3.57. The van der Waals surface area contributed by atoms with E-state index in [0.29, 0.717) is 11.8 Å². The number of carbonyl (C=O) groups is 1. The summed E-state index contributed by atoms with van der Waals surface area (Å²) < 4.78 is 0. The van der Waals surface area contributed by atoms with Crippen molar-refractivity contribution < 1.29 is 4.79 Å². The first kappa shape index (κ1) is 9.56. The molecule has 70 valence electrons. The highest BCUT2D eigenvalue weighted by Gasteiger charge is 2.17. The molecule has 1 saturated heterocycles. The second kappa shape index (κ2) is 4.48. The molecule has 0 atom stereocenters. The lowest BCUT2D eigenvalue weighted by atomic mass is 10.1. The maximum Gasteiger partial charge on any atom is 0.222 e. The average molecular weight is 169 g/mol. The van der Waals surface area contributed by atoms with Gasteiger partial charge in [-0.1, -0.05) is 13.8 Å². The standard InChI is InChI=1S/C10H19NO/c1-9(2)5-6-10(12)11-7-3-4-8-11/h9H,3-8H2,1-2H3. The van der Waals surface area contributed by atoms with Gasteiger partial charge in [-0.2, -0.15) is 0 Å². The molecule has 1 heterocycles. The number of rotatable bonds is 3. The van der Waals surface area contributed by atoms with Crippen LogP contribution < -0.4 is 0 Å². The molecule has 2 nitrogen and oxygen atoms in total. The van der Waals surface area contributed by atoms with Crippen molar-refractivity contribution in [3.63, 3.8) is 0 Å². The van der Waals surface area contributed by atoms with Gasteiger partial charge in [0.1, 0.15) is 0 Å². The van der Waals surface area contributed by atoms with Crippen molar-refractivity contribution in [2.45, 2.75) is 39.5 Å². The zero-order valence-electron chi connectivity index (χ0n) is 8.18. The molecule has 0 unspecified atom stereocenters. The van der Waals surface area contributed by atoms with Gasteiger partial charge in [0.15, 0.2) is 0 Å². The molecule has 0 N–H and O–H groups in total. The molecule has 1 rings (SSSR count). The first-order chi connectivity index (χ1) is 5.70. The highest BCUT2D eigenvalue weighted by Crippen LogP contribution is 2.12. The Morgan fingerprint density at radius 2 is 1.92 bits per heavy atom. The van der Waals surface area contributed by atoms with Crippen molar-refractivity contribution in [1.29, 1.82) is 0 Å². The number of amides is 1. The lowest BCUT2D eigenvalue weighted by Gasteiger charge is -2.15. The third-order valence-electron chi connectivity index (χ3n) is 2.39. The van der Waals surface area contributed by atoms with Gasteiger partial charge in [0.25, 0.3) is 0 Å². The van der Waals surface area contributed by atoms with Crippen LogP contribution in [0.25, 0.3) is 0 Å². The number of hydrogen-bond donors (Lipinski definition) is 0. The monoisotopic (exact) mass is 169 g/mol. The van der Waals surface area contributed by atoms with Crippen molar-refractivity contribution in [3.8, 4) is 0 Å². The summed E-state index contributed by atoms with van der Waals surface area (Å²) in [6.07, 6.45) is 4.19. The second-order valence-corrected chi connectivity index (χ2v) is 4.02. The third-order valence-corrected chi connectivity index (χ3v) is 2.39. The molecule has 1 amide bonds. The average Bonchev–Trinajstić information content (AvgIpc) is 2.51. The molecule has 12 heavy (non-hydrogen) atoms. The Morgan fingerprint density at radius 1 is 1.33 bits per heavy atom. The van der Waals surface area contributed by atoms with Crippen LogP contribution in [-0.2, 0) is 4.79 Å². The predicted octanol–water partition coefficient (Wildman–Crippen LogP) is 2.04. The molecular weight excluding hydrogens is 150 g/mol. The van der Waals surface area contributed by atoms with Gasteiger partial charge in [0.05, 0.1) is 0 Å². The van der Waals surface area contributed by atoms with Crippen LogP contribution >= 0.6 is 0 Å². The number of nitrogens with zero attached hydrogens (tertiary/aromatic N) is 1. The molecular formula is C10H19NO. The van der Waals surface area contributed by atoms with Crippen LogP contribution in [0.1, 0.15) is 39.5 Å². The van der Waals surface area contributed by atoms with Gasteiger partial charge in [0, 0.05) is 19.5 Å². The van der Waals surface area contributed by atoms with Gasteiger partial charge in [-0.3, -0.25) is 4.79 Å². The van der Waals surface area contributed by atoms with E-state index in [4.69, 9.17) is 0 Å². The second-order valence-electron chi connectivity index (χ2n) is 4.02. The van der Waals surface area contributed by atoms with E-state index in [1.165, 1.54) is 12.8 Å². The minimum atomic E-state index is 0.362. The van der Waals surface area contributed by atoms with Crippen LogP contribution in [0.3, 0.4) is 0 Å². The summed E-state index contributed by atoms with van der Waals surface area (Å²) in [6, 6.07) is 0. The van der Waals surface area contributed by atoms with Gasteiger partial charge in [-0.25, -0.2) is 0 Å². The maximum atomic E-state index is 11.5. The van der Waals surface area contributed by atoms with Gasteiger partial charge in [0.2, 0.25) is 5.91 Å². The molecule has 0 aliphatic carbocycles. The van der Waals surface area contributed by atoms with E-state index in [2.05, 4.69) is 13.8 Å². The summed E-state index contributed by atoms with van der Waals surface area (Å²) in [5, 5.41) is 0. The summed E-state index contributed by atoms with van der Waals surface area (Å²) in [7, 11) is 0. The molecule has 2 heteroatoms. The van der Waals surface area contributed by atoms with Crippen LogP contribution in [0, 0.1) is 5.92 Å². The number of carbonyl (C=O) groups excluding carboxylic acids is 1. The summed E-state index contributed by atoms with van der Waals surface area (Å²) >= 11 is 0. The van der Waals surface area contributed by atoms with E-state index in [9.17, 15) is 4.79 Å². The summed E-state index contributed by atoms with van der Waals surface area (Å²) in [4.78, 5) is 13.5. The topological polar surface area (TPSA) is 20.3 Å². The van der Waals surface area contributed by atoms with Gasteiger partial charge >= 0.3 is 0 Å². The van der Waals surface area contributed by atoms with Gasteiger partial charge in [-0.05, 0) is 25.2 Å². The molecule has 0 bridgehead atoms. The highest BCUT2D eigenvalue weighted by molar-refractivity contribution is 5.76. The Labute approximate surface area is 74.9 Å². The molecule has 0 radical (unpaired) electrons. The van der Waals surface area contributed by atoms with Crippen LogP contribution in [0.2, 0.25) is 0 Å². The summed E-state index contributed by atoms with van der Waals surface area (Å²) in [5.74, 6) is 1.01. The number of likely N-dealkylation sites (tertiary alicyclic amines) is 1. The van der Waals surface area contributed by atoms with E-state index < -0.39 is 0 Å². The van der Waals surface area contributed by atoms with E-state index >= 15 is 0 Å². The molecule has 1 fully saturated rings. The Hall–Kier alpha value is -0.530. The van der Waals surface area contributed by atoms with Crippen molar-refractivity contribution in [2.24, 2.45) is 5.92 Å². The quantitative estimate of drug-likeness (QED) is 0.633. The molecule has 1 aliphatic rings. The fourth-order valence-electron chi connectivity index (χ4n) is 1.54. The first-order valence-corrected chi connectivity index (χ1v) is 4.98. The zero-order chi connectivity index (χ0) is 8.97. The minimum absolute atomic E-state index is 0.362. The molecule has 0 spiro atoms. The van der Waals surface area contributed by atoms with E-state index in [0.717, 1.165) is 25.9 Å². The van der Waals surface area contributed by atoms with E-state index in [1.54, 1.807) is 0 Å². The van der Waals surface area contributed by atoms with Crippen LogP contribution in [0.5, 0.6) is 0 Å². The highest BCUT2D eigenvalue weighted by atomic mass is 16.2. The Morgan fingerprint density at radius 3 is 2.42 bits per heavy atom. The maximum absolute atomic E-state index is 11.5. The fraction of sp³-hybridized carbons (Fsp3) is 0.900. The minimum Gasteiger partial charge on any atom is -0.343 e. The van der Waals surface area contributed by atoms with Crippen molar-refractivity contribution in [1.82, 2.24) is 4.90 Å². The zero-order valence-corrected chi connectivity index (χ0v) is 8.18. The molecule has 0 aromatic heterocycles. The van der Waals surface area contributed by atoms with Crippen LogP contribution in [-0.4, -0.2) is 23.9 Å². The molecule has 0 aromatic rings. The predicted molar refractivity (Wildman–Crippen MR) is 49.9 cm³/mol. The number of hydrogen-bond acceptors (Lipinski definition) is 1. The Bertz CT molecular complexity index is 148. The largest absolute Gasteiger partial charge is 0.343 e.